The Morgan fingerprint density at radius 1 is 1.32 bits per heavy atom. The highest BCUT2D eigenvalue weighted by Crippen LogP contribution is 2.47. The topological polar surface area (TPSA) is 75.6 Å². The highest BCUT2D eigenvalue weighted by molar-refractivity contribution is 5.82. The van der Waals surface area contributed by atoms with Gasteiger partial charge in [-0.3, -0.25) is 4.79 Å². The largest absolute Gasteiger partial charge is 0.480 e. The summed E-state index contributed by atoms with van der Waals surface area (Å²) in [5.41, 5.74) is 1.20. The molecule has 19 heavy (non-hydrogen) atoms. The Kier molecular flexibility index (Phi) is 4.52. The van der Waals surface area contributed by atoms with Gasteiger partial charge in [-0.2, -0.15) is 0 Å². The van der Waals surface area contributed by atoms with Crippen LogP contribution in [0.5, 0.6) is 0 Å². The van der Waals surface area contributed by atoms with Crippen LogP contribution >= 0.6 is 0 Å². The van der Waals surface area contributed by atoms with Crippen LogP contribution < -0.4 is 5.32 Å². The quantitative estimate of drug-likeness (QED) is 0.720. The van der Waals surface area contributed by atoms with Gasteiger partial charge in [0.25, 0.3) is 0 Å². The molecule has 0 aliphatic heterocycles. The first-order chi connectivity index (χ1) is 9.18. The molecule has 2 N–H and O–H groups in total. The van der Waals surface area contributed by atoms with Gasteiger partial charge in [0.15, 0.2) is 0 Å². The van der Waals surface area contributed by atoms with E-state index >= 15 is 0 Å². The van der Waals surface area contributed by atoms with Crippen LogP contribution in [0, 0.1) is 5.92 Å². The van der Waals surface area contributed by atoms with E-state index in [-0.39, 0.29) is 25.0 Å². The highest BCUT2D eigenvalue weighted by Gasteiger charge is 2.43. The van der Waals surface area contributed by atoms with Gasteiger partial charge in [-0.15, -0.1) is 0 Å². The molecule has 102 valence electrons. The van der Waals surface area contributed by atoms with Crippen molar-refractivity contribution < 1.29 is 19.4 Å². The van der Waals surface area contributed by atoms with Gasteiger partial charge in [-0.05, 0) is 17.9 Å². The van der Waals surface area contributed by atoms with Crippen LogP contribution in [0.15, 0.2) is 30.3 Å². The minimum absolute atomic E-state index is 0.0211. The van der Waals surface area contributed by atoms with Crippen LogP contribution in [0.1, 0.15) is 17.9 Å². The van der Waals surface area contributed by atoms with Crippen molar-refractivity contribution in [3.63, 3.8) is 0 Å². The molecular weight excluding hydrogens is 246 g/mol. The zero-order chi connectivity index (χ0) is 13.7. The SMILES string of the molecule is O=C(O)COCCNC(=O)C1CC1c1ccccc1. The predicted molar refractivity (Wildman–Crippen MR) is 68.8 cm³/mol. The molecule has 0 spiro atoms. The van der Waals surface area contributed by atoms with E-state index in [0.29, 0.717) is 12.5 Å². The van der Waals surface area contributed by atoms with E-state index in [9.17, 15) is 9.59 Å². The van der Waals surface area contributed by atoms with Crippen molar-refractivity contribution in [2.45, 2.75) is 12.3 Å². The third kappa shape index (κ3) is 4.06. The lowest BCUT2D eigenvalue weighted by Crippen LogP contribution is -2.29. The van der Waals surface area contributed by atoms with Crippen molar-refractivity contribution in [2.75, 3.05) is 19.8 Å². The van der Waals surface area contributed by atoms with Gasteiger partial charge in [-0.1, -0.05) is 30.3 Å². The molecular formula is C14H17NO4. The monoisotopic (exact) mass is 263 g/mol. The maximum absolute atomic E-state index is 11.8. The van der Waals surface area contributed by atoms with Crippen LogP contribution in [0.25, 0.3) is 0 Å². The first-order valence-electron chi connectivity index (χ1n) is 6.30. The van der Waals surface area contributed by atoms with E-state index in [1.165, 1.54) is 5.56 Å². The second kappa shape index (κ2) is 6.33. The smallest absolute Gasteiger partial charge is 0.329 e. The third-order valence-electron chi connectivity index (χ3n) is 3.13. The Balaban J connectivity index is 1.65. The lowest BCUT2D eigenvalue weighted by molar-refractivity contribution is -0.142. The number of amides is 1. The van der Waals surface area contributed by atoms with Crippen LogP contribution in [-0.4, -0.2) is 36.7 Å². The maximum Gasteiger partial charge on any atom is 0.329 e. The fourth-order valence-electron chi connectivity index (χ4n) is 2.09. The van der Waals surface area contributed by atoms with Crippen molar-refractivity contribution in [3.8, 4) is 0 Å². The summed E-state index contributed by atoms with van der Waals surface area (Å²) in [4.78, 5) is 22.0. The Labute approximate surface area is 111 Å². The van der Waals surface area contributed by atoms with Crippen LogP contribution in [-0.2, 0) is 14.3 Å². The summed E-state index contributed by atoms with van der Waals surface area (Å²) in [6, 6.07) is 9.98. The molecule has 0 radical (unpaired) electrons. The van der Waals surface area contributed by atoms with Crippen molar-refractivity contribution in [1.82, 2.24) is 5.32 Å². The number of aliphatic carboxylic acids is 1. The molecule has 1 aliphatic rings. The maximum atomic E-state index is 11.8. The highest BCUT2D eigenvalue weighted by atomic mass is 16.5. The number of benzene rings is 1. The number of hydrogen-bond acceptors (Lipinski definition) is 3. The zero-order valence-corrected chi connectivity index (χ0v) is 10.5. The molecule has 5 heteroatoms. The molecule has 1 aromatic rings. The molecule has 1 fully saturated rings. The Morgan fingerprint density at radius 3 is 2.74 bits per heavy atom. The zero-order valence-electron chi connectivity index (χ0n) is 10.5. The Hall–Kier alpha value is -1.88. The summed E-state index contributed by atoms with van der Waals surface area (Å²) in [5, 5.41) is 11.1. The molecule has 0 bridgehead atoms. The molecule has 2 unspecified atom stereocenters. The number of nitrogens with one attached hydrogen (secondary N) is 1. The van der Waals surface area contributed by atoms with Gasteiger partial charge in [-0.25, -0.2) is 4.79 Å². The lowest BCUT2D eigenvalue weighted by atomic mass is 10.1. The van der Waals surface area contributed by atoms with Gasteiger partial charge in [0, 0.05) is 12.5 Å². The average molecular weight is 263 g/mol. The summed E-state index contributed by atoms with van der Waals surface area (Å²) < 4.78 is 4.84. The predicted octanol–water partition coefficient (Wildman–Crippen LogP) is 1.01. The van der Waals surface area contributed by atoms with E-state index in [4.69, 9.17) is 9.84 Å². The van der Waals surface area contributed by atoms with E-state index < -0.39 is 5.97 Å². The molecule has 2 atom stereocenters. The van der Waals surface area contributed by atoms with E-state index in [0.717, 1.165) is 6.42 Å². The minimum Gasteiger partial charge on any atom is -0.480 e. The molecule has 1 amide bonds. The number of carbonyl (C=O) groups is 2. The molecule has 0 heterocycles. The molecule has 2 rings (SSSR count). The minimum atomic E-state index is -1.00. The van der Waals surface area contributed by atoms with Crippen molar-refractivity contribution in [3.05, 3.63) is 35.9 Å². The molecule has 0 saturated heterocycles. The molecule has 1 aliphatic carbocycles. The Morgan fingerprint density at radius 2 is 2.05 bits per heavy atom. The second-order valence-electron chi connectivity index (χ2n) is 4.60. The summed E-state index contributed by atoms with van der Waals surface area (Å²) in [6.07, 6.45) is 0.881. The Bertz CT molecular complexity index is 446. The lowest BCUT2D eigenvalue weighted by Gasteiger charge is -2.05. The fourth-order valence-corrected chi connectivity index (χ4v) is 2.09. The van der Waals surface area contributed by atoms with Gasteiger partial charge in [0.05, 0.1) is 6.61 Å². The van der Waals surface area contributed by atoms with E-state index in [2.05, 4.69) is 5.32 Å². The average Bonchev–Trinajstić information content (AvgIpc) is 3.19. The first kappa shape index (κ1) is 13.5. The number of carboxylic acid groups (broad SMARTS) is 1. The number of hydrogen-bond donors (Lipinski definition) is 2. The summed E-state index contributed by atoms with van der Waals surface area (Å²) in [6.45, 7) is 0.247. The van der Waals surface area contributed by atoms with Crippen molar-refractivity contribution in [2.24, 2.45) is 5.92 Å². The standard InChI is InChI=1S/C14H17NO4/c16-13(17)9-19-7-6-15-14(18)12-8-11(12)10-4-2-1-3-5-10/h1-5,11-12H,6-9H2,(H,15,18)(H,16,17). The van der Waals surface area contributed by atoms with Gasteiger partial charge < -0.3 is 15.2 Å². The van der Waals surface area contributed by atoms with Crippen LogP contribution in [0.2, 0.25) is 0 Å². The number of rotatable bonds is 7. The van der Waals surface area contributed by atoms with E-state index in [1.54, 1.807) is 0 Å². The normalized spacial score (nSPS) is 20.8. The molecule has 0 aromatic heterocycles. The summed E-state index contributed by atoms with van der Waals surface area (Å²) in [7, 11) is 0. The first-order valence-corrected chi connectivity index (χ1v) is 6.30. The van der Waals surface area contributed by atoms with Crippen molar-refractivity contribution in [1.29, 1.82) is 0 Å². The number of carboxylic acids is 1. The second-order valence-corrected chi connectivity index (χ2v) is 4.60. The number of carbonyl (C=O) groups excluding carboxylic acids is 1. The fraction of sp³-hybridized carbons (Fsp3) is 0.429. The van der Waals surface area contributed by atoms with E-state index in [1.807, 2.05) is 30.3 Å². The summed E-state index contributed by atoms with van der Waals surface area (Å²) >= 11 is 0. The third-order valence-corrected chi connectivity index (χ3v) is 3.13. The van der Waals surface area contributed by atoms with Crippen molar-refractivity contribution >= 4 is 11.9 Å². The molecule has 5 nitrogen and oxygen atoms in total. The molecule has 1 aromatic carbocycles. The van der Waals surface area contributed by atoms with Crippen LogP contribution in [0.4, 0.5) is 0 Å². The van der Waals surface area contributed by atoms with Crippen LogP contribution in [0.3, 0.4) is 0 Å². The number of ether oxygens (including phenoxy) is 1. The molecule has 1 saturated carbocycles. The van der Waals surface area contributed by atoms with Gasteiger partial charge >= 0.3 is 5.97 Å². The summed E-state index contributed by atoms with van der Waals surface area (Å²) in [5.74, 6) is -0.617. The van der Waals surface area contributed by atoms with Gasteiger partial charge in [0.1, 0.15) is 6.61 Å². The van der Waals surface area contributed by atoms with Gasteiger partial charge in [0.2, 0.25) is 5.91 Å².